The number of amides is 1. The number of nitrogens with zero attached hydrogens (tertiary/aromatic N) is 1. The molecule has 2 heterocycles. The van der Waals surface area contributed by atoms with E-state index in [1.165, 1.54) is 12.3 Å². The van der Waals surface area contributed by atoms with Crippen molar-refractivity contribution in [1.82, 2.24) is 5.43 Å². The third kappa shape index (κ3) is 4.77. The van der Waals surface area contributed by atoms with Crippen LogP contribution in [0.25, 0.3) is 0 Å². The van der Waals surface area contributed by atoms with Gasteiger partial charge in [-0.25, -0.2) is 5.43 Å². The third-order valence-corrected chi connectivity index (χ3v) is 4.05. The van der Waals surface area contributed by atoms with Crippen LogP contribution in [0.5, 0.6) is 5.75 Å². The van der Waals surface area contributed by atoms with Crippen LogP contribution in [-0.2, 0) is 6.61 Å². The summed E-state index contributed by atoms with van der Waals surface area (Å²) in [4.78, 5) is 12.5. The van der Waals surface area contributed by atoms with Gasteiger partial charge >= 0.3 is 5.91 Å². The minimum Gasteiger partial charge on any atom is -0.486 e. The lowest BCUT2D eigenvalue weighted by molar-refractivity contribution is 0.0923. The zero-order chi connectivity index (χ0) is 17.6. The summed E-state index contributed by atoms with van der Waals surface area (Å²) >= 11 is 0.937. The number of hydrazone groups is 1. The molecule has 2 aromatic heterocycles. The fourth-order valence-electron chi connectivity index (χ4n) is 1.97. The number of hydrogen-bond acceptors (Lipinski definition) is 5. The van der Waals surface area contributed by atoms with Crippen molar-refractivity contribution in [2.75, 3.05) is 0 Å². The average Bonchev–Trinajstić information content (AvgIpc) is 3.23. The Hall–Kier alpha value is -2.93. The largest absolute Gasteiger partial charge is 0.486 e. The first-order chi connectivity index (χ1) is 12.1. The van der Waals surface area contributed by atoms with Gasteiger partial charge in [-0.1, -0.05) is 17.7 Å². The second-order valence-electron chi connectivity index (χ2n) is 5.21. The molecule has 0 spiro atoms. The van der Waals surface area contributed by atoms with Gasteiger partial charge in [-0.15, -0.1) is 11.3 Å². The van der Waals surface area contributed by atoms with E-state index in [1.54, 1.807) is 18.2 Å². The van der Waals surface area contributed by atoms with Crippen molar-refractivity contribution >= 4 is 23.5 Å². The van der Waals surface area contributed by atoms with Gasteiger partial charge in [0.15, 0.2) is 10.9 Å². The van der Waals surface area contributed by atoms with E-state index in [0.29, 0.717) is 10.6 Å². The lowest BCUT2D eigenvalue weighted by atomic mass is 10.2. The lowest BCUT2D eigenvalue weighted by Crippen LogP contribution is -2.16. The molecule has 128 valence electrons. The number of ether oxygens (including phenoxy) is 1. The summed E-state index contributed by atoms with van der Waals surface area (Å²) in [5.41, 5.74) is 3.48. The standard InChI is InChI=1S/C18H15FN2O3S/c1-12-2-4-13(5-3-12)23-11-14-6-8-16(24-14)18(22)21-20-10-15-7-9-17(19)25-15/h2-10H,11H2,1H3,(H,21,22)/b20-10-. The highest BCUT2D eigenvalue weighted by molar-refractivity contribution is 7.12. The molecule has 1 amide bonds. The van der Waals surface area contributed by atoms with Crippen molar-refractivity contribution in [2.24, 2.45) is 5.10 Å². The van der Waals surface area contributed by atoms with Crippen LogP contribution in [0.1, 0.15) is 26.8 Å². The van der Waals surface area contributed by atoms with E-state index in [9.17, 15) is 9.18 Å². The number of carbonyl (C=O) groups excluding carboxylic acids is 1. The summed E-state index contributed by atoms with van der Waals surface area (Å²) in [6.45, 7) is 2.21. The Morgan fingerprint density at radius 3 is 2.76 bits per heavy atom. The van der Waals surface area contributed by atoms with Crippen LogP contribution in [0.15, 0.2) is 58.0 Å². The normalized spacial score (nSPS) is 11.0. The maximum Gasteiger partial charge on any atom is 0.307 e. The Bertz CT molecular complexity index is 884. The van der Waals surface area contributed by atoms with E-state index >= 15 is 0 Å². The molecule has 0 aliphatic carbocycles. The van der Waals surface area contributed by atoms with Crippen LogP contribution < -0.4 is 10.2 Å². The Kier molecular flexibility index (Phi) is 5.25. The zero-order valence-electron chi connectivity index (χ0n) is 13.4. The second-order valence-corrected chi connectivity index (χ2v) is 6.27. The maximum absolute atomic E-state index is 12.8. The lowest BCUT2D eigenvalue weighted by Gasteiger charge is -2.04. The Morgan fingerprint density at radius 2 is 2.04 bits per heavy atom. The number of thiophene rings is 1. The van der Waals surface area contributed by atoms with Gasteiger partial charge in [-0.2, -0.15) is 9.49 Å². The fourth-order valence-corrected chi connectivity index (χ4v) is 2.58. The molecule has 0 radical (unpaired) electrons. The number of furan rings is 1. The smallest absolute Gasteiger partial charge is 0.307 e. The SMILES string of the molecule is Cc1ccc(OCc2ccc(C(=O)N/N=C\c3ccc(F)s3)o2)cc1. The molecule has 0 aliphatic heterocycles. The van der Waals surface area contributed by atoms with Crippen molar-refractivity contribution in [1.29, 1.82) is 0 Å². The van der Waals surface area contributed by atoms with Gasteiger partial charge < -0.3 is 9.15 Å². The van der Waals surface area contributed by atoms with Crippen LogP contribution in [-0.4, -0.2) is 12.1 Å². The van der Waals surface area contributed by atoms with E-state index in [0.717, 1.165) is 22.6 Å². The quantitative estimate of drug-likeness (QED) is 0.532. The molecule has 0 aliphatic rings. The van der Waals surface area contributed by atoms with Gasteiger partial charge in [0.1, 0.15) is 18.1 Å². The molecular weight excluding hydrogens is 343 g/mol. The molecule has 3 aromatic rings. The number of aryl methyl sites for hydroxylation is 1. The topological polar surface area (TPSA) is 63.8 Å². The maximum atomic E-state index is 12.8. The molecule has 25 heavy (non-hydrogen) atoms. The molecule has 1 N–H and O–H groups in total. The Labute approximate surface area is 147 Å². The predicted octanol–water partition coefficient (Wildman–Crippen LogP) is 4.13. The number of nitrogens with one attached hydrogen (secondary N) is 1. The van der Waals surface area contributed by atoms with E-state index in [-0.39, 0.29) is 17.5 Å². The molecule has 0 bridgehead atoms. The molecule has 3 rings (SSSR count). The van der Waals surface area contributed by atoms with Crippen LogP contribution in [0, 0.1) is 12.1 Å². The van der Waals surface area contributed by atoms with Crippen LogP contribution >= 0.6 is 11.3 Å². The summed E-state index contributed by atoms with van der Waals surface area (Å²) in [5, 5.41) is 3.46. The number of carbonyl (C=O) groups is 1. The van der Waals surface area contributed by atoms with Gasteiger partial charge in [-0.3, -0.25) is 4.79 Å². The number of benzene rings is 1. The van der Waals surface area contributed by atoms with E-state index in [1.807, 2.05) is 31.2 Å². The van der Waals surface area contributed by atoms with Crippen LogP contribution in [0.4, 0.5) is 4.39 Å². The minimum atomic E-state index is -0.491. The first-order valence-corrected chi connectivity index (χ1v) is 8.29. The summed E-state index contributed by atoms with van der Waals surface area (Å²) in [6, 6.07) is 13.8. The Morgan fingerprint density at radius 1 is 1.24 bits per heavy atom. The summed E-state index contributed by atoms with van der Waals surface area (Å²) in [7, 11) is 0. The van der Waals surface area contributed by atoms with Crippen molar-refractivity contribution in [3.8, 4) is 5.75 Å². The van der Waals surface area contributed by atoms with Crippen molar-refractivity contribution in [3.63, 3.8) is 0 Å². The van der Waals surface area contributed by atoms with Crippen molar-refractivity contribution in [2.45, 2.75) is 13.5 Å². The highest BCUT2D eigenvalue weighted by Gasteiger charge is 2.11. The number of halogens is 1. The van der Waals surface area contributed by atoms with Gasteiger partial charge in [0.2, 0.25) is 0 Å². The molecule has 0 fully saturated rings. The monoisotopic (exact) mass is 358 g/mol. The average molecular weight is 358 g/mol. The van der Waals surface area contributed by atoms with Crippen molar-refractivity contribution < 1.29 is 18.3 Å². The molecule has 0 saturated heterocycles. The second kappa shape index (κ2) is 7.76. The van der Waals surface area contributed by atoms with Gasteiger partial charge in [0, 0.05) is 0 Å². The highest BCUT2D eigenvalue weighted by Crippen LogP contribution is 2.15. The van der Waals surface area contributed by atoms with Crippen LogP contribution in [0.2, 0.25) is 0 Å². The molecular formula is C18H15FN2O3S. The predicted molar refractivity (Wildman–Crippen MR) is 93.6 cm³/mol. The fraction of sp³-hybridized carbons (Fsp3) is 0.111. The number of hydrogen-bond donors (Lipinski definition) is 1. The number of rotatable bonds is 6. The molecule has 0 saturated carbocycles. The summed E-state index contributed by atoms with van der Waals surface area (Å²) < 4.78 is 23.9. The van der Waals surface area contributed by atoms with Crippen molar-refractivity contribution in [3.05, 3.63) is 75.6 Å². The third-order valence-electron chi connectivity index (χ3n) is 3.24. The van der Waals surface area contributed by atoms with E-state index < -0.39 is 5.91 Å². The summed E-state index contributed by atoms with van der Waals surface area (Å²) in [6.07, 6.45) is 1.37. The minimum absolute atomic E-state index is 0.122. The first kappa shape index (κ1) is 16.9. The van der Waals surface area contributed by atoms with E-state index in [4.69, 9.17) is 9.15 Å². The zero-order valence-corrected chi connectivity index (χ0v) is 14.2. The molecule has 0 atom stereocenters. The van der Waals surface area contributed by atoms with Crippen LogP contribution in [0.3, 0.4) is 0 Å². The van der Waals surface area contributed by atoms with Gasteiger partial charge in [0.25, 0.3) is 0 Å². The molecule has 0 unspecified atom stereocenters. The molecule has 7 heteroatoms. The Balaban J connectivity index is 1.52. The van der Waals surface area contributed by atoms with Gasteiger partial charge in [-0.05, 0) is 43.3 Å². The first-order valence-electron chi connectivity index (χ1n) is 7.47. The highest BCUT2D eigenvalue weighted by atomic mass is 32.1. The van der Waals surface area contributed by atoms with Gasteiger partial charge in [0.05, 0.1) is 11.1 Å². The summed E-state index contributed by atoms with van der Waals surface area (Å²) in [5.74, 6) is 0.877. The van der Waals surface area contributed by atoms with E-state index in [2.05, 4.69) is 10.5 Å². The molecule has 5 nitrogen and oxygen atoms in total. The molecule has 1 aromatic carbocycles.